The molecular weight excluding hydrogens is 232 g/mol. The summed E-state index contributed by atoms with van der Waals surface area (Å²) in [6.07, 6.45) is 4.24. The standard InChI is InChI=1S/C13H26N2OS/c1-3-4-8-17-9-6-13(16)15-12-5-7-14-10-11(12)2/h11-12,14H,3-10H2,1-2H3,(H,15,16). The van der Waals surface area contributed by atoms with Crippen molar-refractivity contribution in [1.82, 2.24) is 10.6 Å². The van der Waals surface area contributed by atoms with Crippen LogP contribution in [-0.4, -0.2) is 36.5 Å². The second kappa shape index (κ2) is 8.81. The van der Waals surface area contributed by atoms with Crippen molar-refractivity contribution in [3.05, 3.63) is 0 Å². The Morgan fingerprint density at radius 1 is 1.47 bits per heavy atom. The molecule has 0 aromatic rings. The molecule has 1 aliphatic rings. The Bertz CT molecular complexity index is 223. The normalized spacial score (nSPS) is 24.6. The first kappa shape index (κ1) is 14.8. The van der Waals surface area contributed by atoms with Crippen LogP contribution in [0, 0.1) is 5.92 Å². The van der Waals surface area contributed by atoms with E-state index in [0.717, 1.165) is 25.3 Å². The van der Waals surface area contributed by atoms with E-state index in [0.29, 0.717) is 18.4 Å². The molecule has 100 valence electrons. The molecule has 0 bridgehead atoms. The van der Waals surface area contributed by atoms with Crippen molar-refractivity contribution in [3.8, 4) is 0 Å². The zero-order valence-electron chi connectivity index (χ0n) is 11.1. The van der Waals surface area contributed by atoms with Crippen molar-refractivity contribution in [2.24, 2.45) is 5.92 Å². The molecule has 0 aliphatic carbocycles. The molecule has 0 saturated carbocycles. The average molecular weight is 258 g/mol. The summed E-state index contributed by atoms with van der Waals surface area (Å²) in [5, 5.41) is 6.52. The van der Waals surface area contributed by atoms with E-state index in [1.54, 1.807) is 0 Å². The predicted molar refractivity (Wildman–Crippen MR) is 75.4 cm³/mol. The summed E-state index contributed by atoms with van der Waals surface area (Å²) in [7, 11) is 0. The van der Waals surface area contributed by atoms with E-state index in [9.17, 15) is 4.79 Å². The molecule has 0 aromatic heterocycles. The number of nitrogens with one attached hydrogen (secondary N) is 2. The number of carbonyl (C=O) groups is 1. The summed E-state index contributed by atoms with van der Waals surface area (Å²) in [6, 6.07) is 0.379. The van der Waals surface area contributed by atoms with Crippen LogP contribution < -0.4 is 10.6 Å². The summed E-state index contributed by atoms with van der Waals surface area (Å²) in [5.74, 6) is 2.94. The van der Waals surface area contributed by atoms with E-state index >= 15 is 0 Å². The maximum atomic E-state index is 11.7. The minimum Gasteiger partial charge on any atom is -0.353 e. The molecule has 4 heteroatoms. The number of hydrogen-bond donors (Lipinski definition) is 2. The highest BCUT2D eigenvalue weighted by Gasteiger charge is 2.22. The van der Waals surface area contributed by atoms with Crippen molar-refractivity contribution in [3.63, 3.8) is 0 Å². The van der Waals surface area contributed by atoms with Crippen LogP contribution in [0.2, 0.25) is 0 Å². The van der Waals surface area contributed by atoms with Gasteiger partial charge in [0.25, 0.3) is 0 Å². The molecule has 0 aromatic carbocycles. The maximum absolute atomic E-state index is 11.7. The molecular formula is C13H26N2OS. The number of piperidine rings is 1. The monoisotopic (exact) mass is 258 g/mol. The van der Waals surface area contributed by atoms with E-state index < -0.39 is 0 Å². The molecule has 1 saturated heterocycles. The van der Waals surface area contributed by atoms with Crippen LogP contribution in [-0.2, 0) is 4.79 Å². The highest BCUT2D eigenvalue weighted by atomic mass is 32.2. The first-order chi connectivity index (χ1) is 8.24. The van der Waals surface area contributed by atoms with Crippen molar-refractivity contribution >= 4 is 17.7 Å². The van der Waals surface area contributed by atoms with Gasteiger partial charge in [-0.05, 0) is 37.6 Å². The van der Waals surface area contributed by atoms with Gasteiger partial charge in [-0.15, -0.1) is 0 Å². The molecule has 1 heterocycles. The van der Waals surface area contributed by atoms with E-state index in [-0.39, 0.29) is 5.91 Å². The summed E-state index contributed by atoms with van der Waals surface area (Å²) in [5.41, 5.74) is 0. The van der Waals surface area contributed by atoms with Gasteiger partial charge in [0.05, 0.1) is 0 Å². The number of carbonyl (C=O) groups excluding carboxylic acids is 1. The molecule has 1 amide bonds. The van der Waals surface area contributed by atoms with Crippen LogP contribution in [0.4, 0.5) is 0 Å². The van der Waals surface area contributed by atoms with Gasteiger partial charge in [-0.25, -0.2) is 0 Å². The van der Waals surface area contributed by atoms with Crippen molar-refractivity contribution in [2.45, 2.75) is 45.6 Å². The zero-order valence-corrected chi connectivity index (χ0v) is 11.9. The Labute approximate surface area is 109 Å². The Morgan fingerprint density at radius 2 is 2.29 bits per heavy atom. The fraction of sp³-hybridized carbons (Fsp3) is 0.923. The van der Waals surface area contributed by atoms with Gasteiger partial charge in [0.2, 0.25) is 5.91 Å². The lowest BCUT2D eigenvalue weighted by molar-refractivity contribution is -0.121. The van der Waals surface area contributed by atoms with Gasteiger partial charge in [-0.2, -0.15) is 11.8 Å². The summed E-state index contributed by atoms with van der Waals surface area (Å²) in [6.45, 7) is 6.45. The van der Waals surface area contributed by atoms with Crippen LogP contribution >= 0.6 is 11.8 Å². The second-order valence-electron chi connectivity index (χ2n) is 4.86. The topological polar surface area (TPSA) is 41.1 Å². The number of unbranched alkanes of at least 4 members (excludes halogenated alkanes) is 1. The lowest BCUT2D eigenvalue weighted by Gasteiger charge is -2.30. The van der Waals surface area contributed by atoms with E-state index in [4.69, 9.17) is 0 Å². The van der Waals surface area contributed by atoms with Crippen molar-refractivity contribution in [2.75, 3.05) is 24.6 Å². The quantitative estimate of drug-likeness (QED) is 0.687. The second-order valence-corrected chi connectivity index (χ2v) is 6.08. The largest absolute Gasteiger partial charge is 0.353 e. The Kier molecular flexibility index (Phi) is 7.69. The summed E-state index contributed by atoms with van der Waals surface area (Å²) >= 11 is 1.90. The van der Waals surface area contributed by atoms with Gasteiger partial charge in [-0.3, -0.25) is 4.79 Å². The first-order valence-electron chi connectivity index (χ1n) is 6.82. The fourth-order valence-corrected chi connectivity index (χ4v) is 3.05. The molecule has 2 unspecified atom stereocenters. The first-order valence-corrected chi connectivity index (χ1v) is 7.97. The average Bonchev–Trinajstić information content (AvgIpc) is 2.32. The highest BCUT2D eigenvalue weighted by Crippen LogP contribution is 2.11. The number of rotatable bonds is 7. The lowest BCUT2D eigenvalue weighted by atomic mass is 9.95. The van der Waals surface area contributed by atoms with Crippen LogP contribution in [0.25, 0.3) is 0 Å². The van der Waals surface area contributed by atoms with Gasteiger partial charge in [0, 0.05) is 18.2 Å². The lowest BCUT2D eigenvalue weighted by Crippen LogP contribution is -2.48. The number of amides is 1. The van der Waals surface area contributed by atoms with Crippen molar-refractivity contribution in [1.29, 1.82) is 0 Å². The van der Waals surface area contributed by atoms with Crippen LogP contribution in [0.3, 0.4) is 0 Å². The molecule has 1 aliphatic heterocycles. The highest BCUT2D eigenvalue weighted by molar-refractivity contribution is 7.99. The summed E-state index contributed by atoms with van der Waals surface area (Å²) in [4.78, 5) is 11.7. The van der Waals surface area contributed by atoms with E-state index in [2.05, 4.69) is 24.5 Å². The minimum absolute atomic E-state index is 0.229. The smallest absolute Gasteiger partial charge is 0.221 e. The van der Waals surface area contributed by atoms with Gasteiger partial charge in [-0.1, -0.05) is 20.3 Å². The number of hydrogen-bond acceptors (Lipinski definition) is 3. The fourth-order valence-electron chi connectivity index (χ4n) is 2.02. The number of thioether (sulfide) groups is 1. The predicted octanol–water partition coefficient (Wildman–Crippen LogP) is 2.02. The summed E-state index contributed by atoms with van der Waals surface area (Å²) < 4.78 is 0. The molecule has 0 radical (unpaired) electrons. The maximum Gasteiger partial charge on any atom is 0.221 e. The Hall–Kier alpha value is -0.220. The van der Waals surface area contributed by atoms with Crippen LogP contribution in [0.5, 0.6) is 0 Å². The zero-order chi connectivity index (χ0) is 12.5. The molecule has 17 heavy (non-hydrogen) atoms. The SMILES string of the molecule is CCCCSCCC(=O)NC1CCNCC1C. The molecule has 2 N–H and O–H groups in total. The van der Waals surface area contributed by atoms with Gasteiger partial charge >= 0.3 is 0 Å². The third kappa shape index (κ3) is 6.32. The van der Waals surface area contributed by atoms with Gasteiger partial charge in [0.1, 0.15) is 0 Å². The minimum atomic E-state index is 0.229. The van der Waals surface area contributed by atoms with E-state index in [1.165, 1.54) is 18.6 Å². The molecule has 0 spiro atoms. The van der Waals surface area contributed by atoms with Gasteiger partial charge < -0.3 is 10.6 Å². The van der Waals surface area contributed by atoms with E-state index in [1.807, 2.05) is 11.8 Å². The third-order valence-corrected chi connectivity index (χ3v) is 4.32. The van der Waals surface area contributed by atoms with Crippen LogP contribution in [0.15, 0.2) is 0 Å². The molecule has 1 rings (SSSR count). The van der Waals surface area contributed by atoms with Crippen molar-refractivity contribution < 1.29 is 4.79 Å². The molecule has 1 fully saturated rings. The van der Waals surface area contributed by atoms with Crippen LogP contribution in [0.1, 0.15) is 39.5 Å². The third-order valence-electron chi connectivity index (χ3n) is 3.25. The molecule has 3 nitrogen and oxygen atoms in total. The van der Waals surface area contributed by atoms with Gasteiger partial charge in [0.15, 0.2) is 0 Å². The molecule has 2 atom stereocenters. The Morgan fingerprint density at radius 3 is 3.00 bits per heavy atom. The Balaban J connectivity index is 2.07.